The van der Waals surface area contributed by atoms with Crippen LogP contribution in [0.3, 0.4) is 0 Å². The van der Waals surface area contributed by atoms with Crippen LogP contribution in [-0.2, 0) is 0 Å². The maximum Gasteiger partial charge on any atom is 0.0451 e. The number of rotatable bonds is 3. The van der Waals surface area contributed by atoms with Crippen LogP contribution in [0.25, 0.3) is 0 Å². The first kappa shape index (κ1) is 12.2. The van der Waals surface area contributed by atoms with Crippen LogP contribution in [-0.4, -0.2) is 0 Å². The molecule has 16 heavy (non-hydrogen) atoms. The lowest BCUT2D eigenvalue weighted by Crippen LogP contribution is -2.21. The summed E-state index contributed by atoms with van der Waals surface area (Å²) in [5.41, 5.74) is 3.31. The van der Waals surface area contributed by atoms with E-state index in [1.54, 1.807) is 0 Å². The van der Waals surface area contributed by atoms with E-state index in [1.165, 1.54) is 43.2 Å². The van der Waals surface area contributed by atoms with Crippen molar-refractivity contribution >= 4 is 15.9 Å². The average Bonchev–Trinajstić information content (AvgIpc) is 2.79. The number of aryl methyl sites for hydroxylation is 1. The molecule has 1 unspecified atom stereocenters. The van der Waals surface area contributed by atoms with Gasteiger partial charge in [0.25, 0.3) is 0 Å². The van der Waals surface area contributed by atoms with Gasteiger partial charge in [0.05, 0.1) is 0 Å². The lowest BCUT2D eigenvalue weighted by atomic mass is 9.77. The molecular weight excluding hydrogens is 260 g/mol. The van der Waals surface area contributed by atoms with Crippen molar-refractivity contribution in [1.82, 2.24) is 0 Å². The number of halogens is 1. The van der Waals surface area contributed by atoms with Gasteiger partial charge in [-0.05, 0) is 37.2 Å². The molecule has 1 aromatic rings. The van der Waals surface area contributed by atoms with Gasteiger partial charge in [0.1, 0.15) is 0 Å². The molecule has 1 aliphatic carbocycles. The molecule has 2 rings (SSSR count). The third-order valence-electron chi connectivity index (χ3n) is 4.21. The molecule has 0 saturated heterocycles. The number of benzene rings is 1. The van der Waals surface area contributed by atoms with E-state index in [-0.39, 0.29) is 0 Å². The van der Waals surface area contributed by atoms with Gasteiger partial charge >= 0.3 is 0 Å². The minimum atomic E-state index is 0.509. The smallest absolute Gasteiger partial charge is 0.0451 e. The van der Waals surface area contributed by atoms with Crippen molar-refractivity contribution in [2.24, 2.45) is 5.41 Å². The molecule has 1 saturated carbocycles. The zero-order valence-electron chi connectivity index (χ0n) is 10.3. The van der Waals surface area contributed by atoms with Gasteiger partial charge in [-0.1, -0.05) is 65.5 Å². The van der Waals surface area contributed by atoms with Crippen molar-refractivity contribution in [2.75, 3.05) is 0 Å². The highest BCUT2D eigenvalue weighted by Gasteiger charge is 2.38. The third-order valence-corrected chi connectivity index (χ3v) is 5.71. The van der Waals surface area contributed by atoms with Crippen LogP contribution in [0.5, 0.6) is 0 Å². The Bertz CT molecular complexity index is 333. The average molecular weight is 281 g/mol. The van der Waals surface area contributed by atoms with Crippen LogP contribution >= 0.6 is 15.9 Å². The Morgan fingerprint density at radius 2 is 1.75 bits per heavy atom. The topological polar surface area (TPSA) is 0 Å². The quantitative estimate of drug-likeness (QED) is 0.650. The highest BCUT2D eigenvalue weighted by atomic mass is 79.9. The lowest BCUT2D eigenvalue weighted by Gasteiger charge is -2.33. The Kier molecular flexibility index (Phi) is 3.73. The van der Waals surface area contributed by atoms with Gasteiger partial charge in [-0.3, -0.25) is 0 Å². The van der Waals surface area contributed by atoms with Crippen LogP contribution in [0, 0.1) is 12.3 Å². The standard InChI is InChI=1S/C15H21Br/c1-3-15(10-4-5-11-15)14(16)13-8-6-12(2)7-9-13/h6-9,14H,3-5,10-11H2,1-2H3. The summed E-state index contributed by atoms with van der Waals surface area (Å²) in [6.07, 6.45) is 6.86. The van der Waals surface area contributed by atoms with E-state index in [4.69, 9.17) is 0 Å². The molecule has 0 aromatic heterocycles. The van der Waals surface area contributed by atoms with Gasteiger partial charge < -0.3 is 0 Å². The van der Waals surface area contributed by atoms with E-state index in [1.807, 2.05) is 0 Å². The second-order valence-electron chi connectivity index (χ2n) is 5.20. The minimum Gasteiger partial charge on any atom is -0.0833 e. The predicted octanol–water partition coefficient (Wildman–Crippen LogP) is 5.40. The summed E-state index contributed by atoms with van der Waals surface area (Å²) in [4.78, 5) is 0.535. The highest BCUT2D eigenvalue weighted by Crippen LogP contribution is 2.53. The van der Waals surface area contributed by atoms with E-state index in [9.17, 15) is 0 Å². The molecule has 1 aromatic carbocycles. The maximum atomic E-state index is 3.95. The van der Waals surface area contributed by atoms with Crippen molar-refractivity contribution in [2.45, 2.75) is 50.8 Å². The van der Waals surface area contributed by atoms with Crippen molar-refractivity contribution in [3.05, 3.63) is 35.4 Å². The normalized spacial score (nSPS) is 20.9. The van der Waals surface area contributed by atoms with Gasteiger partial charge in [0.2, 0.25) is 0 Å². The van der Waals surface area contributed by atoms with Gasteiger partial charge in [-0.2, -0.15) is 0 Å². The Labute approximate surface area is 108 Å². The summed E-state index contributed by atoms with van der Waals surface area (Å²) in [6, 6.07) is 9.01. The SMILES string of the molecule is CCC1(C(Br)c2ccc(C)cc2)CCCC1. The molecule has 1 fully saturated rings. The van der Waals surface area contributed by atoms with E-state index < -0.39 is 0 Å². The predicted molar refractivity (Wildman–Crippen MR) is 74.0 cm³/mol. The highest BCUT2D eigenvalue weighted by molar-refractivity contribution is 9.09. The maximum absolute atomic E-state index is 3.95. The lowest BCUT2D eigenvalue weighted by molar-refractivity contribution is 0.279. The Morgan fingerprint density at radius 1 is 1.19 bits per heavy atom. The molecule has 0 bridgehead atoms. The Morgan fingerprint density at radius 3 is 2.25 bits per heavy atom. The monoisotopic (exact) mass is 280 g/mol. The van der Waals surface area contributed by atoms with E-state index in [2.05, 4.69) is 54.0 Å². The summed E-state index contributed by atoms with van der Waals surface area (Å²) in [7, 11) is 0. The third kappa shape index (κ3) is 2.20. The van der Waals surface area contributed by atoms with Gasteiger partial charge in [-0.25, -0.2) is 0 Å². The van der Waals surface area contributed by atoms with Crippen LogP contribution in [0.4, 0.5) is 0 Å². The van der Waals surface area contributed by atoms with Crippen LogP contribution < -0.4 is 0 Å². The molecule has 1 aliphatic rings. The molecule has 1 atom stereocenters. The fraction of sp³-hybridized carbons (Fsp3) is 0.600. The fourth-order valence-electron chi connectivity index (χ4n) is 2.95. The minimum absolute atomic E-state index is 0.509. The molecule has 0 spiro atoms. The molecule has 0 aliphatic heterocycles. The van der Waals surface area contributed by atoms with Crippen LogP contribution in [0.15, 0.2) is 24.3 Å². The molecule has 1 heteroatoms. The van der Waals surface area contributed by atoms with Gasteiger partial charge in [-0.15, -0.1) is 0 Å². The summed E-state index contributed by atoms with van der Waals surface area (Å²) < 4.78 is 0. The molecule has 0 N–H and O–H groups in total. The van der Waals surface area contributed by atoms with E-state index in [0.717, 1.165) is 0 Å². The second kappa shape index (κ2) is 4.91. The second-order valence-corrected chi connectivity index (χ2v) is 6.11. The largest absolute Gasteiger partial charge is 0.0833 e. The van der Waals surface area contributed by atoms with Gasteiger partial charge in [0, 0.05) is 4.83 Å². The fourth-order valence-corrected chi connectivity index (χ4v) is 4.04. The molecular formula is C15H21Br. The first-order valence-electron chi connectivity index (χ1n) is 6.38. The number of hydrogen-bond acceptors (Lipinski definition) is 0. The van der Waals surface area contributed by atoms with E-state index in [0.29, 0.717) is 10.2 Å². The number of alkyl halides is 1. The molecule has 0 heterocycles. The summed E-state index contributed by atoms with van der Waals surface area (Å²) in [5.74, 6) is 0. The molecule has 0 amide bonds. The zero-order chi connectivity index (χ0) is 11.6. The van der Waals surface area contributed by atoms with Crippen LogP contribution in [0.1, 0.15) is 55.0 Å². The van der Waals surface area contributed by atoms with Crippen molar-refractivity contribution < 1.29 is 0 Å². The van der Waals surface area contributed by atoms with Crippen LogP contribution in [0.2, 0.25) is 0 Å². The zero-order valence-corrected chi connectivity index (χ0v) is 11.9. The van der Waals surface area contributed by atoms with Gasteiger partial charge in [0.15, 0.2) is 0 Å². The summed E-state index contributed by atoms with van der Waals surface area (Å²) in [6.45, 7) is 4.49. The van der Waals surface area contributed by atoms with Crippen molar-refractivity contribution in [3.63, 3.8) is 0 Å². The summed E-state index contributed by atoms with van der Waals surface area (Å²) in [5, 5.41) is 0. The first-order valence-corrected chi connectivity index (χ1v) is 7.30. The van der Waals surface area contributed by atoms with Crippen molar-refractivity contribution in [1.29, 1.82) is 0 Å². The first-order chi connectivity index (χ1) is 7.68. The molecule has 88 valence electrons. The molecule has 0 nitrogen and oxygen atoms in total. The molecule has 0 radical (unpaired) electrons. The number of hydrogen-bond donors (Lipinski definition) is 0. The van der Waals surface area contributed by atoms with E-state index >= 15 is 0 Å². The Hall–Kier alpha value is -0.300. The van der Waals surface area contributed by atoms with Crippen molar-refractivity contribution in [3.8, 4) is 0 Å². The summed E-state index contributed by atoms with van der Waals surface area (Å²) >= 11 is 3.95. The Balaban J connectivity index is 2.23.